The molecule has 0 aliphatic rings. The van der Waals surface area contributed by atoms with Gasteiger partial charge in [-0.25, -0.2) is 4.79 Å². The smallest absolute Gasteiger partial charge is 0.330 e. The molecule has 0 heterocycles. The van der Waals surface area contributed by atoms with Crippen LogP contribution in [0.25, 0.3) is 0 Å². The van der Waals surface area contributed by atoms with Gasteiger partial charge in [-0.2, -0.15) is 0 Å². The normalized spacial score (nSPS) is 14.6. The summed E-state index contributed by atoms with van der Waals surface area (Å²) in [6.45, 7) is 11.2. The van der Waals surface area contributed by atoms with Gasteiger partial charge in [0.1, 0.15) is 0 Å². The standard InChI is InChI=1S/C17H30O3/c1-7-20-17(4,5)12-11-14(2)9-8-10-15(3)13-16(18)19-6/h8,10,13-14H,7,9,11-12H2,1-6H3. The minimum absolute atomic E-state index is 0.0343. The Morgan fingerprint density at radius 1 is 1.35 bits per heavy atom. The number of esters is 1. The largest absolute Gasteiger partial charge is 0.466 e. The first kappa shape index (κ1) is 18.9. The lowest BCUT2D eigenvalue weighted by atomic mass is 9.93. The molecule has 0 saturated heterocycles. The molecule has 0 aliphatic carbocycles. The second-order valence-electron chi connectivity index (χ2n) is 5.89. The second-order valence-corrected chi connectivity index (χ2v) is 5.89. The monoisotopic (exact) mass is 282 g/mol. The summed E-state index contributed by atoms with van der Waals surface area (Å²) in [5, 5.41) is 0. The first-order valence-corrected chi connectivity index (χ1v) is 7.37. The summed E-state index contributed by atoms with van der Waals surface area (Å²) in [7, 11) is 1.39. The number of rotatable bonds is 9. The molecule has 0 aromatic carbocycles. The fourth-order valence-electron chi connectivity index (χ4n) is 1.95. The van der Waals surface area contributed by atoms with Crippen molar-refractivity contribution in [2.24, 2.45) is 5.92 Å². The molecule has 0 radical (unpaired) electrons. The third kappa shape index (κ3) is 9.79. The summed E-state index contributed by atoms with van der Waals surface area (Å²) in [4.78, 5) is 11.0. The van der Waals surface area contributed by atoms with E-state index in [4.69, 9.17) is 4.74 Å². The molecule has 0 amide bonds. The predicted octanol–water partition coefficient (Wildman–Crippen LogP) is 4.28. The van der Waals surface area contributed by atoms with E-state index in [1.165, 1.54) is 13.2 Å². The van der Waals surface area contributed by atoms with E-state index in [9.17, 15) is 4.79 Å². The van der Waals surface area contributed by atoms with Gasteiger partial charge in [0.25, 0.3) is 0 Å². The predicted molar refractivity (Wildman–Crippen MR) is 83.6 cm³/mol. The van der Waals surface area contributed by atoms with Crippen molar-refractivity contribution < 1.29 is 14.3 Å². The van der Waals surface area contributed by atoms with Gasteiger partial charge in [-0.1, -0.05) is 19.1 Å². The van der Waals surface area contributed by atoms with Crippen LogP contribution in [0.5, 0.6) is 0 Å². The van der Waals surface area contributed by atoms with Crippen LogP contribution in [0, 0.1) is 5.92 Å². The molecule has 0 rings (SSSR count). The SMILES string of the molecule is CCOC(C)(C)CCC(C)CC=CC(C)=CC(=O)OC. The van der Waals surface area contributed by atoms with Crippen LogP contribution < -0.4 is 0 Å². The van der Waals surface area contributed by atoms with E-state index in [2.05, 4.69) is 31.6 Å². The molecular weight excluding hydrogens is 252 g/mol. The zero-order valence-corrected chi connectivity index (χ0v) is 13.9. The number of ether oxygens (including phenoxy) is 2. The minimum Gasteiger partial charge on any atom is -0.466 e. The molecule has 3 heteroatoms. The zero-order valence-electron chi connectivity index (χ0n) is 13.9. The highest BCUT2D eigenvalue weighted by atomic mass is 16.5. The number of hydrogen-bond donors (Lipinski definition) is 0. The van der Waals surface area contributed by atoms with E-state index in [1.54, 1.807) is 0 Å². The van der Waals surface area contributed by atoms with Gasteiger partial charge in [-0.3, -0.25) is 0 Å². The third-order valence-electron chi connectivity index (χ3n) is 3.24. The van der Waals surface area contributed by atoms with Crippen LogP contribution in [0.1, 0.15) is 53.9 Å². The van der Waals surface area contributed by atoms with Gasteiger partial charge in [-0.05, 0) is 58.4 Å². The van der Waals surface area contributed by atoms with Gasteiger partial charge in [-0.15, -0.1) is 0 Å². The summed E-state index contributed by atoms with van der Waals surface area (Å²) in [6.07, 6.45) is 8.80. The van der Waals surface area contributed by atoms with Crippen molar-refractivity contribution in [1.82, 2.24) is 0 Å². The van der Waals surface area contributed by atoms with Crippen molar-refractivity contribution in [3.63, 3.8) is 0 Å². The number of allylic oxidation sites excluding steroid dienone is 3. The zero-order chi connectivity index (χ0) is 15.6. The van der Waals surface area contributed by atoms with E-state index in [0.717, 1.165) is 31.4 Å². The first-order valence-electron chi connectivity index (χ1n) is 7.37. The Kier molecular flexibility index (Phi) is 9.23. The van der Waals surface area contributed by atoms with E-state index in [0.29, 0.717) is 5.92 Å². The number of carbonyl (C=O) groups is 1. The van der Waals surface area contributed by atoms with Gasteiger partial charge in [0.15, 0.2) is 0 Å². The molecule has 0 fully saturated rings. The molecular formula is C17H30O3. The van der Waals surface area contributed by atoms with Crippen LogP contribution in [0.2, 0.25) is 0 Å². The highest BCUT2D eigenvalue weighted by Gasteiger charge is 2.18. The van der Waals surface area contributed by atoms with E-state index >= 15 is 0 Å². The van der Waals surface area contributed by atoms with Gasteiger partial charge in [0, 0.05) is 12.7 Å². The van der Waals surface area contributed by atoms with E-state index in [-0.39, 0.29) is 11.6 Å². The third-order valence-corrected chi connectivity index (χ3v) is 3.24. The highest BCUT2D eigenvalue weighted by molar-refractivity contribution is 5.83. The molecule has 20 heavy (non-hydrogen) atoms. The molecule has 0 aliphatic heterocycles. The Morgan fingerprint density at radius 3 is 2.55 bits per heavy atom. The van der Waals surface area contributed by atoms with Gasteiger partial charge in [0.05, 0.1) is 12.7 Å². The van der Waals surface area contributed by atoms with Crippen molar-refractivity contribution in [2.75, 3.05) is 13.7 Å². The Bertz CT molecular complexity index is 340. The van der Waals surface area contributed by atoms with E-state index < -0.39 is 0 Å². The van der Waals surface area contributed by atoms with Crippen molar-refractivity contribution in [3.8, 4) is 0 Å². The van der Waals surface area contributed by atoms with Gasteiger partial charge < -0.3 is 9.47 Å². The maximum absolute atomic E-state index is 11.0. The molecule has 3 nitrogen and oxygen atoms in total. The summed E-state index contributed by atoms with van der Waals surface area (Å²) < 4.78 is 10.3. The van der Waals surface area contributed by atoms with Gasteiger partial charge >= 0.3 is 5.97 Å². The fourth-order valence-corrected chi connectivity index (χ4v) is 1.95. The summed E-state index contributed by atoms with van der Waals surface area (Å²) in [6, 6.07) is 0. The number of carbonyl (C=O) groups excluding carboxylic acids is 1. The Morgan fingerprint density at radius 2 is 2.00 bits per heavy atom. The van der Waals surface area contributed by atoms with E-state index in [1.807, 2.05) is 19.9 Å². The molecule has 0 aromatic heterocycles. The van der Waals surface area contributed by atoms with Gasteiger partial charge in [0.2, 0.25) is 0 Å². The molecule has 1 unspecified atom stereocenters. The number of methoxy groups -OCH3 is 1. The topological polar surface area (TPSA) is 35.5 Å². The average Bonchev–Trinajstić information content (AvgIpc) is 2.36. The lowest BCUT2D eigenvalue weighted by Gasteiger charge is -2.25. The Hall–Kier alpha value is -1.09. The summed E-state index contributed by atoms with van der Waals surface area (Å²) in [5.41, 5.74) is 0.881. The second kappa shape index (κ2) is 9.76. The Balaban J connectivity index is 4.07. The molecule has 1 atom stereocenters. The summed E-state index contributed by atoms with van der Waals surface area (Å²) in [5.74, 6) is 0.301. The maximum Gasteiger partial charge on any atom is 0.330 e. The summed E-state index contributed by atoms with van der Waals surface area (Å²) >= 11 is 0. The lowest BCUT2D eigenvalue weighted by Crippen LogP contribution is -2.24. The molecule has 116 valence electrons. The molecule has 0 saturated carbocycles. The fraction of sp³-hybridized carbons (Fsp3) is 0.706. The molecule has 0 N–H and O–H groups in total. The van der Waals surface area contributed by atoms with Crippen molar-refractivity contribution in [1.29, 1.82) is 0 Å². The molecule has 0 aromatic rings. The number of hydrogen-bond acceptors (Lipinski definition) is 3. The van der Waals surface area contributed by atoms with Crippen LogP contribution in [-0.4, -0.2) is 25.3 Å². The van der Waals surface area contributed by atoms with Crippen LogP contribution in [0.3, 0.4) is 0 Å². The maximum atomic E-state index is 11.0. The van der Waals surface area contributed by atoms with Crippen molar-refractivity contribution >= 4 is 5.97 Å². The highest BCUT2D eigenvalue weighted by Crippen LogP contribution is 2.21. The van der Waals surface area contributed by atoms with Crippen molar-refractivity contribution in [2.45, 2.75) is 59.5 Å². The molecule has 0 spiro atoms. The first-order chi connectivity index (χ1) is 9.30. The minimum atomic E-state index is -0.307. The Labute approximate surface area is 124 Å². The van der Waals surface area contributed by atoms with Crippen LogP contribution in [0.15, 0.2) is 23.8 Å². The van der Waals surface area contributed by atoms with Crippen molar-refractivity contribution in [3.05, 3.63) is 23.8 Å². The van der Waals surface area contributed by atoms with Crippen LogP contribution in [-0.2, 0) is 14.3 Å². The average molecular weight is 282 g/mol. The lowest BCUT2D eigenvalue weighted by molar-refractivity contribution is -0.134. The quantitative estimate of drug-likeness (QED) is 0.359. The van der Waals surface area contributed by atoms with Crippen LogP contribution in [0.4, 0.5) is 0 Å². The van der Waals surface area contributed by atoms with Crippen LogP contribution >= 0.6 is 0 Å². The molecule has 0 bridgehead atoms.